The van der Waals surface area contributed by atoms with Gasteiger partial charge in [-0.1, -0.05) is 0 Å². The van der Waals surface area contributed by atoms with Crippen molar-refractivity contribution in [3.8, 4) is 11.5 Å². The van der Waals surface area contributed by atoms with Gasteiger partial charge in [0.2, 0.25) is 0 Å². The highest BCUT2D eigenvalue weighted by molar-refractivity contribution is 6.65. The minimum atomic E-state index is -0.448. The zero-order chi connectivity index (χ0) is 17.7. The van der Waals surface area contributed by atoms with Crippen molar-refractivity contribution in [2.45, 2.75) is 38.9 Å². The molecule has 1 fully saturated rings. The van der Waals surface area contributed by atoms with Gasteiger partial charge in [-0.15, -0.1) is 0 Å². The predicted octanol–water partition coefficient (Wildman–Crippen LogP) is 2.39. The molecule has 0 atom stereocenters. The lowest BCUT2D eigenvalue weighted by molar-refractivity contribution is 0.00578. The van der Waals surface area contributed by atoms with Crippen molar-refractivity contribution in [2.24, 2.45) is 0 Å². The number of hydrogen-bond donors (Lipinski definition) is 0. The number of hydrogen-bond acceptors (Lipinski definition) is 6. The Morgan fingerprint density at radius 1 is 0.840 bits per heavy atom. The lowest BCUT2D eigenvalue weighted by Gasteiger charge is -2.32. The van der Waals surface area contributed by atoms with Crippen molar-refractivity contribution in [2.75, 3.05) is 0 Å². The lowest BCUT2D eigenvalue weighted by atomic mass is 9.77. The highest BCUT2D eigenvalue weighted by Gasteiger charge is 2.52. The highest BCUT2D eigenvalue weighted by Crippen LogP contribution is 2.36. The molecule has 3 aromatic rings. The molecule has 1 aliphatic rings. The number of aromatic nitrogens is 4. The van der Waals surface area contributed by atoms with Crippen LogP contribution in [-0.4, -0.2) is 38.3 Å². The Morgan fingerprint density at radius 2 is 1.52 bits per heavy atom. The van der Waals surface area contributed by atoms with E-state index in [2.05, 4.69) is 19.9 Å². The van der Waals surface area contributed by atoms with Gasteiger partial charge in [-0.25, -0.2) is 19.9 Å². The normalized spacial score (nSPS) is 18.6. The van der Waals surface area contributed by atoms with Crippen LogP contribution in [0.5, 0.6) is 0 Å². The number of rotatable bonds is 2. The Hall–Kier alpha value is -2.38. The molecule has 0 saturated carbocycles. The van der Waals surface area contributed by atoms with Crippen molar-refractivity contribution < 1.29 is 9.31 Å². The van der Waals surface area contributed by atoms with E-state index in [-0.39, 0.29) is 0 Å². The van der Waals surface area contributed by atoms with E-state index in [0.717, 1.165) is 10.8 Å². The third kappa shape index (κ3) is 2.69. The van der Waals surface area contributed by atoms with E-state index in [1.807, 2.05) is 45.9 Å². The van der Waals surface area contributed by atoms with E-state index in [9.17, 15) is 0 Å². The zero-order valence-corrected chi connectivity index (χ0v) is 14.7. The predicted molar refractivity (Wildman–Crippen MR) is 96.3 cm³/mol. The first kappa shape index (κ1) is 16.1. The zero-order valence-electron chi connectivity index (χ0n) is 14.7. The molecular formula is C18H19BN4O2. The van der Waals surface area contributed by atoms with Gasteiger partial charge in [0.05, 0.1) is 11.2 Å². The van der Waals surface area contributed by atoms with E-state index in [0.29, 0.717) is 17.2 Å². The molecule has 1 saturated heterocycles. The fourth-order valence-corrected chi connectivity index (χ4v) is 2.78. The summed E-state index contributed by atoms with van der Waals surface area (Å²) in [5.74, 6) is 0.576. The maximum atomic E-state index is 6.17. The molecule has 0 radical (unpaired) electrons. The van der Waals surface area contributed by atoms with Gasteiger partial charge < -0.3 is 9.31 Å². The standard InChI is InChI=1S/C18H19BN4O2/c1-17(2)18(3,4)25-19(24-17)13-8-11-22-15-12(13)6-7-14(23-15)16-20-9-5-10-21-16/h5-11H,1-4H3. The first-order chi connectivity index (χ1) is 11.9. The fourth-order valence-electron chi connectivity index (χ4n) is 2.78. The summed E-state index contributed by atoms with van der Waals surface area (Å²) in [6.07, 6.45) is 5.12. The Kier molecular flexibility index (Phi) is 3.59. The number of nitrogens with zero attached hydrogens (tertiary/aromatic N) is 4. The second-order valence-corrected chi connectivity index (χ2v) is 7.13. The van der Waals surface area contributed by atoms with E-state index >= 15 is 0 Å². The summed E-state index contributed by atoms with van der Waals surface area (Å²) in [5, 5.41) is 0.903. The van der Waals surface area contributed by atoms with Crippen LogP contribution in [0.25, 0.3) is 22.6 Å². The molecule has 25 heavy (non-hydrogen) atoms. The van der Waals surface area contributed by atoms with E-state index in [1.54, 1.807) is 24.7 Å². The molecule has 0 aliphatic carbocycles. The van der Waals surface area contributed by atoms with Gasteiger partial charge in [0.15, 0.2) is 11.5 Å². The molecule has 0 unspecified atom stereocenters. The van der Waals surface area contributed by atoms with Gasteiger partial charge in [0.1, 0.15) is 5.69 Å². The fraction of sp³-hybridized carbons (Fsp3) is 0.333. The Morgan fingerprint density at radius 3 is 2.20 bits per heavy atom. The number of fused-ring (bicyclic) bond motifs is 1. The van der Waals surface area contributed by atoms with E-state index in [1.165, 1.54) is 0 Å². The van der Waals surface area contributed by atoms with Crippen molar-refractivity contribution in [1.29, 1.82) is 0 Å². The van der Waals surface area contributed by atoms with Gasteiger partial charge in [-0.2, -0.15) is 0 Å². The van der Waals surface area contributed by atoms with Gasteiger partial charge in [0.25, 0.3) is 0 Å². The van der Waals surface area contributed by atoms with Crippen LogP contribution in [0, 0.1) is 0 Å². The molecule has 6 nitrogen and oxygen atoms in total. The van der Waals surface area contributed by atoms with Crippen LogP contribution in [-0.2, 0) is 9.31 Å². The molecule has 4 heterocycles. The van der Waals surface area contributed by atoms with Crippen molar-refractivity contribution in [3.05, 3.63) is 42.9 Å². The maximum absolute atomic E-state index is 6.17. The molecule has 0 aromatic carbocycles. The topological polar surface area (TPSA) is 70.0 Å². The summed E-state index contributed by atoms with van der Waals surface area (Å²) in [6, 6.07) is 7.57. The van der Waals surface area contributed by atoms with Crippen molar-refractivity contribution in [1.82, 2.24) is 19.9 Å². The average molecular weight is 334 g/mol. The Labute approximate surface area is 146 Å². The van der Waals surface area contributed by atoms with Gasteiger partial charge in [-0.3, -0.25) is 0 Å². The Balaban J connectivity index is 1.77. The van der Waals surface area contributed by atoms with Crippen molar-refractivity contribution >= 4 is 23.6 Å². The summed E-state index contributed by atoms with van der Waals surface area (Å²) in [6.45, 7) is 8.16. The van der Waals surface area contributed by atoms with Gasteiger partial charge in [0, 0.05) is 24.0 Å². The van der Waals surface area contributed by atoms with Crippen molar-refractivity contribution in [3.63, 3.8) is 0 Å². The molecular weight excluding hydrogens is 315 g/mol. The van der Waals surface area contributed by atoms with E-state index in [4.69, 9.17) is 9.31 Å². The lowest BCUT2D eigenvalue weighted by Crippen LogP contribution is -2.41. The van der Waals surface area contributed by atoms with Crippen LogP contribution in [0.3, 0.4) is 0 Å². The van der Waals surface area contributed by atoms with E-state index < -0.39 is 18.3 Å². The van der Waals surface area contributed by atoms with Crippen LogP contribution >= 0.6 is 0 Å². The molecule has 3 aromatic heterocycles. The molecule has 0 bridgehead atoms. The average Bonchev–Trinajstić information content (AvgIpc) is 2.82. The van der Waals surface area contributed by atoms with Gasteiger partial charge >= 0.3 is 7.12 Å². The first-order valence-corrected chi connectivity index (χ1v) is 8.26. The Bertz CT molecular complexity index is 915. The van der Waals surface area contributed by atoms with Crippen LogP contribution in [0.4, 0.5) is 0 Å². The molecule has 1 aliphatic heterocycles. The second-order valence-electron chi connectivity index (χ2n) is 7.13. The minimum Gasteiger partial charge on any atom is -0.399 e. The molecule has 4 rings (SSSR count). The van der Waals surface area contributed by atoms with Crippen LogP contribution in [0.1, 0.15) is 27.7 Å². The third-order valence-corrected chi connectivity index (χ3v) is 4.94. The molecule has 0 amide bonds. The number of pyridine rings is 2. The molecule has 0 spiro atoms. The monoisotopic (exact) mass is 334 g/mol. The molecule has 7 heteroatoms. The summed E-state index contributed by atoms with van der Waals surface area (Å²) < 4.78 is 12.3. The summed E-state index contributed by atoms with van der Waals surface area (Å²) in [5.41, 5.74) is 1.46. The van der Waals surface area contributed by atoms with Crippen LogP contribution in [0.15, 0.2) is 42.9 Å². The molecule has 126 valence electrons. The smallest absolute Gasteiger partial charge is 0.399 e. The highest BCUT2D eigenvalue weighted by atomic mass is 16.7. The minimum absolute atomic E-state index is 0.390. The quantitative estimate of drug-likeness (QED) is 0.670. The first-order valence-electron chi connectivity index (χ1n) is 8.26. The van der Waals surface area contributed by atoms with Crippen LogP contribution < -0.4 is 5.46 Å². The third-order valence-electron chi connectivity index (χ3n) is 4.94. The maximum Gasteiger partial charge on any atom is 0.495 e. The largest absolute Gasteiger partial charge is 0.495 e. The van der Waals surface area contributed by atoms with Crippen LogP contribution in [0.2, 0.25) is 0 Å². The SMILES string of the molecule is CC1(C)OB(c2ccnc3nc(-c4ncccn4)ccc23)OC1(C)C. The van der Waals surface area contributed by atoms with Gasteiger partial charge in [-0.05, 0) is 57.4 Å². The summed E-state index contributed by atoms with van der Waals surface area (Å²) >= 11 is 0. The summed E-state index contributed by atoms with van der Waals surface area (Å²) in [4.78, 5) is 17.5. The summed E-state index contributed by atoms with van der Waals surface area (Å²) in [7, 11) is -0.448. The second kappa shape index (κ2) is 5.57. The molecule has 0 N–H and O–H groups in total.